The second-order valence-electron chi connectivity index (χ2n) is 5.55. The van der Waals surface area contributed by atoms with E-state index >= 15 is 0 Å². The molecule has 0 saturated carbocycles. The van der Waals surface area contributed by atoms with Crippen LogP contribution in [0.2, 0.25) is 0 Å². The number of rotatable bonds is 3. The fraction of sp³-hybridized carbons (Fsp3) is 0.600. The highest BCUT2D eigenvalue weighted by molar-refractivity contribution is 5.55. The molecule has 3 heteroatoms. The molecule has 2 rings (SSSR count). The summed E-state index contributed by atoms with van der Waals surface area (Å²) < 4.78 is 0. The van der Waals surface area contributed by atoms with E-state index < -0.39 is 0 Å². The first kappa shape index (κ1) is 13.4. The topological polar surface area (TPSA) is 32.5 Å². The van der Waals surface area contributed by atoms with Gasteiger partial charge < -0.3 is 15.5 Å². The van der Waals surface area contributed by atoms with Crippen molar-refractivity contribution in [2.75, 3.05) is 32.1 Å². The number of para-hydroxylation sites is 1. The Morgan fingerprint density at radius 3 is 2.72 bits per heavy atom. The summed E-state index contributed by atoms with van der Waals surface area (Å²) >= 11 is 0. The van der Waals surface area contributed by atoms with Crippen molar-refractivity contribution < 1.29 is 0 Å². The third kappa shape index (κ3) is 2.85. The van der Waals surface area contributed by atoms with E-state index in [-0.39, 0.29) is 6.04 Å². The molecular weight excluding hydrogens is 222 g/mol. The van der Waals surface area contributed by atoms with Crippen LogP contribution >= 0.6 is 0 Å². The number of likely N-dealkylation sites (N-methyl/N-ethyl adjacent to an activating group) is 1. The third-order valence-corrected chi connectivity index (χ3v) is 3.89. The molecule has 1 saturated heterocycles. The molecule has 0 spiro atoms. The fourth-order valence-electron chi connectivity index (χ4n) is 2.76. The highest BCUT2D eigenvalue weighted by atomic mass is 15.2. The lowest BCUT2D eigenvalue weighted by molar-refractivity contribution is 0.258. The number of nitrogens with zero attached hydrogens (tertiary/aromatic N) is 2. The highest BCUT2D eigenvalue weighted by Crippen LogP contribution is 2.28. The zero-order valence-electron chi connectivity index (χ0n) is 11.8. The quantitative estimate of drug-likeness (QED) is 0.889. The molecule has 1 fully saturated rings. The van der Waals surface area contributed by atoms with E-state index in [9.17, 15) is 0 Å². The first-order valence-corrected chi connectivity index (χ1v) is 6.85. The molecule has 3 nitrogen and oxygen atoms in total. The normalized spacial score (nSPS) is 22.3. The summed E-state index contributed by atoms with van der Waals surface area (Å²) in [7, 11) is 4.34. The monoisotopic (exact) mass is 247 g/mol. The minimum Gasteiger partial charge on any atom is -0.370 e. The molecule has 0 bridgehead atoms. The third-order valence-electron chi connectivity index (χ3n) is 3.89. The van der Waals surface area contributed by atoms with Crippen LogP contribution < -0.4 is 10.6 Å². The molecule has 0 radical (unpaired) electrons. The van der Waals surface area contributed by atoms with Gasteiger partial charge in [0.2, 0.25) is 0 Å². The Morgan fingerprint density at radius 2 is 2.06 bits per heavy atom. The van der Waals surface area contributed by atoms with E-state index in [1.165, 1.54) is 24.1 Å². The zero-order chi connectivity index (χ0) is 13.1. The van der Waals surface area contributed by atoms with E-state index in [1.807, 2.05) is 0 Å². The van der Waals surface area contributed by atoms with E-state index in [0.29, 0.717) is 6.04 Å². The van der Waals surface area contributed by atoms with Gasteiger partial charge in [0.1, 0.15) is 0 Å². The number of piperidine rings is 1. The maximum atomic E-state index is 6.08. The van der Waals surface area contributed by atoms with Crippen LogP contribution in [0.3, 0.4) is 0 Å². The van der Waals surface area contributed by atoms with E-state index in [0.717, 1.165) is 13.1 Å². The van der Waals surface area contributed by atoms with Crippen LogP contribution in [0.25, 0.3) is 0 Å². The van der Waals surface area contributed by atoms with Crippen molar-refractivity contribution in [3.05, 3.63) is 29.8 Å². The molecule has 2 atom stereocenters. The molecule has 2 N–H and O–H groups in total. The van der Waals surface area contributed by atoms with Gasteiger partial charge in [0.05, 0.1) is 0 Å². The van der Waals surface area contributed by atoms with Gasteiger partial charge in [-0.1, -0.05) is 18.2 Å². The van der Waals surface area contributed by atoms with Crippen molar-refractivity contribution in [3.8, 4) is 0 Å². The molecule has 1 aromatic carbocycles. The standard InChI is InChI=1S/C15H25N3/c1-12(16)14-8-4-5-9-15(14)18-10-6-7-13(11-18)17(2)3/h4-5,8-9,12-13H,6-7,10-11,16H2,1-3H3/t12-,13?/m1/s1. The zero-order valence-corrected chi connectivity index (χ0v) is 11.8. The van der Waals surface area contributed by atoms with Gasteiger partial charge in [-0.15, -0.1) is 0 Å². The molecule has 1 heterocycles. The second kappa shape index (κ2) is 5.72. The van der Waals surface area contributed by atoms with Gasteiger partial charge in [0.25, 0.3) is 0 Å². The molecule has 1 unspecified atom stereocenters. The molecule has 0 amide bonds. The van der Waals surface area contributed by atoms with Gasteiger partial charge in [-0.3, -0.25) is 0 Å². The lowest BCUT2D eigenvalue weighted by Crippen LogP contribution is -2.45. The Morgan fingerprint density at radius 1 is 1.33 bits per heavy atom. The van der Waals surface area contributed by atoms with Crippen LogP contribution in [0, 0.1) is 0 Å². The van der Waals surface area contributed by atoms with Gasteiger partial charge in [0, 0.05) is 30.9 Å². The Hall–Kier alpha value is -1.06. The van der Waals surface area contributed by atoms with Crippen LogP contribution in [0.1, 0.15) is 31.4 Å². The maximum absolute atomic E-state index is 6.08. The van der Waals surface area contributed by atoms with E-state index in [4.69, 9.17) is 5.73 Å². The van der Waals surface area contributed by atoms with Crippen molar-refractivity contribution in [3.63, 3.8) is 0 Å². The van der Waals surface area contributed by atoms with Crippen molar-refractivity contribution in [2.24, 2.45) is 5.73 Å². The smallest absolute Gasteiger partial charge is 0.0415 e. The average Bonchev–Trinajstić information content (AvgIpc) is 2.39. The SMILES string of the molecule is C[C@@H](N)c1ccccc1N1CCCC(N(C)C)C1. The maximum Gasteiger partial charge on any atom is 0.0415 e. The van der Waals surface area contributed by atoms with Gasteiger partial charge in [-0.25, -0.2) is 0 Å². The average molecular weight is 247 g/mol. The fourth-order valence-corrected chi connectivity index (χ4v) is 2.76. The second-order valence-corrected chi connectivity index (χ2v) is 5.55. The van der Waals surface area contributed by atoms with Crippen LogP contribution in [-0.2, 0) is 0 Å². The summed E-state index contributed by atoms with van der Waals surface area (Å²) in [4.78, 5) is 4.83. The Labute approximate surface area is 111 Å². The van der Waals surface area contributed by atoms with Gasteiger partial charge in [-0.05, 0) is 45.5 Å². The molecule has 1 aliphatic heterocycles. The summed E-state index contributed by atoms with van der Waals surface area (Å²) in [6.45, 7) is 4.32. The molecule has 0 aromatic heterocycles. The largest absolute Gasteiger partial charge is 0.370 e. The minimum absolute atomic E-state index is 0.0981. The summed E-state index contributed by atoms with van der Waals surface area (Å²) in [6, 6.07) is 9.30. The molecule has 1 aliphatic rings. The predicted octanol–water partition coefficient (Wildman–Crippen LogP) is 2.24. The number of anilines is 1. The summed E-state index contributed by atoms with van der Waals surface area (Å²) in [6.07, 6.45) is 2.56. The lowest BCUT2D eigenvalue weighted by Gasteiger charge is -2.38. The number of hydrogen-bond donors (Lipinski definition) is 1. The number of benzene rings is 1. The molecular formula is C15H25N3. The molecule has 18 heavy (non-hydrogen) atoms. The first-order valence-electron chi connectivity index (χ1n) is 6.85. The minimum atomic E-state index is 0.0981. The van der Waals surface area contributed by atoms with Crippen molar-refractivity contribution in [1.82, 2.24) is 4.90 Å². The van der Waals surface area contributed by atoms with Crippen LogP contribution in [-0.4, -0.2) is 38.1 Å². The Bertz CT molecular complexity index is 387. The van der Waals surface area contributed by atoms with Gasteiger partial charge in [0.15, 0.2) is 0 Å². The number of hydrogen-bond acceptors (Lipinski definition) is 3. The number of nitrogens with two attached hydrogens (primary N) is 1. The summed E-state index contributed by atoms with van der Waals surface area (Å²) in [5.74, 6) is 0. The van der Waals surface area contributed by atoms with E-state index in [2.05, 4.69) is 55.1 Å². The molecule has 0 aliphatic carbocycles. The summed E-state index contributed by atoms with van der Waals surface area (Å²) in [5.41, 5.74) is 8.66. The lowest BCUT2D eigenvalue weighted by atomic mass is 10.0. The molecule has 1 aromatic rings. The summed E-state index contributed by atoms with van der Waals surface area (Å²) in [5, 5.41) is 0. The predicted molar refractivity (Wildman–Crippen MR) is 78.0 cm³/mol. The van der Waals surface area contributed by atoms with Gasteiger partial charge >= 0.3 is 0 Å². The molecule has 100 valence electrons. The van der Waals surface area contributed by atoms with Crippen molar-refractivity contribution in [2.45, 2.75) is 31.8 Å². The van der Waals surface area contributed by atoms with Gasteiger partial charge in [-0.2, -0.15) is 0 Å². The Balaban J connectivity index is 2.20. The van der Waals surface area contributed by atoms with Crippen molar-refractivity contribution in [1.29, 1.82) is 0 Å². The highest BCUT2D eigenvalue weighted by Gasteiger charge is 2.23. The first-order chi connectivity index (χ1) is 8.59. The van der Waals surface area contributed by atoms with Crippen LogP contribution in [0.4, 0.5) is 5.69 Å². The van der Waals surface area contributed by atoms with Crippen LogP contribution in [0.5, 0.6) is 0 Å². The Kier molecular flexibility index (Phi) is 4.25. The van der Waals surface area contributed by atoms with Crippen molar-refractivity contribution >= 4 is 5.69 Å². The van der Waals surface area contributed by atoms with E-state index in [1.54, 1.807) is 0 Å². The van der Waals surface area contributed by atoms with Crippen LogP contribution in [0.15, 0.2) is 24.3 Å².